The van der Waals surface area contributed by atoms with Crippen molar-refractivity contribution in [2.24, 2.45) is 5.73 Å². The average molecular weight is 272 g/mol. The third kappa shape index (κ3) is 3.11. The van der Waals surface area contributed by atoms with Crippen LogP contribution in [-0.4, -0.2) is 18.2 Å². The van der Waals surface area contributed by atoms with Crippen molar-refractivity contribution in [1.29, 1.82) is 0 Å². The maximum absolute atomic E-state index is 12.8. The van der Waals surface area contributed by atoms with Gasteiger partial charge in [0.1, 0.15) is 0 Å². The first kappa shape index (κ1) is 13.5. The molecule has 0 bridgehead atoms. The molecule has 1 aromatic rings. The van der Waals surface area contributed by atoms with E-state index in [1.54, 1.807) is 0 Å². The molecule has 1 aliphatic rings. The molecule has 7 heteroatoms. The quantitative estimate of drug-likeness (QED) is 0.880. The summed E-state index contributed by atoms with van der Waals surface area (Å²) in [4.78, 5) is 11.7. The molecule has 0 spiro atoms. The normalized spacial score (nSPS) is 17.1. The van der Waals surface area contributed by atoms with Crippen LogP contribution in [0.2, 0.25) is 0 Å². The summed E-state index contributed by atoms with van der Waals surface area (Å²) in [6.45, 7) is 1.91. The fourth-order valence-corrected chi connectivity index (χ4v) is 1.70. The number of amides is 1. The minimum atomic E-state index is -3.66. The van der Waals surface area contributed by atoms with Crippen LogP contribution in [0.1, 0.15) is 19.8 Å². The number of fused-ring (bicyclic) bond motifs is 1. The highest BCUT2D eigenvalue weighted by molar-refractivity contribution is 5.94. The minimum Gasteiger partial charge on any atom is -0.395 e. The van der Waals surface area contributed by atoms with Crippen LogP contribution in [0.25, 0.3) is 0 Å². The number of hydrogen-bond donors (Lipinski definition) is 2. The lowest BCUT2D eigenvalue weighted by Gasteiger charge is -2.11. The highest BCUT2D eigenvalue weighted by Crippen LogP contribution is 2.42. The Kier molecular flexibility index (Phi) is 3.57. The molecule has 1 heterocycles. The lowest BCUT2D eigenvalue weighted by Crippen LogP contribution is -2.35. The standard InChI is InChI=1S/C12H14F2N2O3/c1-2-3-8(15)11(17)16-7-4-5-9-10(6-7)19-12(13,14)18-9/h4-6,8H,2-3,15H2,1H3,(H,16,17). The van der Waals surface area contributed by atoms with Crippen molar-refractivity contribution < 1.29 is 23.0 Å². The molecular weight excluding hydrogens is 258 g/mol. The van der Waals surface area contributed by atoms with Gasteiger partial charge in [-0.15, -0.1) is 8.78 Å². The van der Waals surface area contributed by atoms with Crippen molar-refractivity contribution in [1.82, 2.24) is 0 Å². The molecule has 1 aromatic carbocycles. The molecule has 1 atom stereocenters. The van der Waals surface area contributed by atoms with E-state index in [2.05, 4.69) is 14.8 Å². The van der Waals surface area contributed by atoms with Crippen LogP contribution in [0.15, 0.2) is 18.2 Å². The van der Waals surface area contributed by atoms with Crippen LogP contribution >= 0.6 is 0 Å². The van der Waals surface area contributed by atoms with Gasteiger partial charge in [0, 0.05) is 11.8 Å². The average Bonchev–Trinajstić information content (AvgIpc) is 2.62. The van der Waals surface area contributed by atoms with Crippen molar-refractivity contribution in [2.45, 2.75) is 32.1 Å². The van der Waals surface area contributed by atoms with Gasteiger partial charge in [-0.25, -0.2) is 0 Å². The summed E-state index contributed by atoms with van der Waals surface area (Å²) in [7, 11) is 0. The SMILES string of the molecule is CCCC(N)C(=O)Nc1ccc2c(c1)OC(F)(F)O2. The zero-order valence-corrected chi connectivity index (χ0v) is 10.3. The summed E-state index contributed by atoms with van der Waals surface area (Å²) >= 11 is 0. The Morgan fingerprint density at radius 3 is 2.79 bits per heavy atom. The molecule has 19 heavy (non-hydrogen) atoms. The lowest BCUT2D eigenvalue weighted by molar-refractivity contribution is -0.286. The molecule has 0 aliphatic carbocycles. The van der Waals surface area contributed by atoms with Crippen molar-refractivity contribution in [3.8, 4) is 11.5 Å². The van der Waals surface area contributed by atoms with Crippen LogP contribution in [0.3, 0.4) is 0 Å². The highest BCUT2D eigenvalue weighted by Gasteiger charge is 2.43. The third-order valence-electron chi connectivity index (χ3n) is 2.61. The number of carbonyl (C=O) groups is 1. The highest BCUT2D eigenvalue weighted by atomic mass is 19.3. The summed E-state index contributed by atoms with van der Waals surface area (Å²) in [5, 5.41) is 2.54. The summed E-state index contributed by atoms with van der Waals surface area (Å²) in [5.41, 5.74) is 5.97. The number of nitrogens with two attached hydrogens (primary N) is 1. The second-order valence-electron chi connectivity index (χ2n) is 4.21. The maximum Gasteiger partial charge on any atom is 0.586 e. The number of halogens is 2. The molecule has 0 saturated carbocycles. The van der Waals surface area contributed by atoms with Gasteiger partial charge in [-0.3, -0.25) is 4.79 Å². The zero-order valence-electron chi connectivity index (χ0n) is 10.3. The van der Waals surface area contributed by atoms with E-state index in [9.17, 15) is 13.6 Å². The molecule has 1 unspecified atom stereocenters. The fourth-order valence-electron chi connectivity index (χ4n) is 1.70. The van der Waals surface area contributed by atoms with Crippen LogP contribution in [0.4, 0.5) is 14.5 Å². The molecule has 104 valence electrons. The molecule has 0 aromatic heterocycles. The van der Waals surface area contributed by atoms with E-state index in [-0.39, 0.29) is 17.4 Å². The van der Waals surface area contributed by atoms with E-state index in [1.165, 1.54) is 18.2 Å². The van der Waals surface area contributed by atoms with E-state index >= 15 is 0 Å². The van der Waals surface area contributed by atoms with Gasteiger partial charge >= 0.3 is 6.29 Å². The number of hydrogen-bond acceptors (Lipinski definition) is 4. The van der Waals surface area contributed by atoms with E-state index < -0.39 is 12.3 Å². The molecule has 0 fully saturated rings. The van der Waals surface area contributed by atoms with E-state index in [0.29, 0.717) is 12.1 Å². The predicted molar refractivity (Wildman–Crippen MR) is 64.2 cm³/mol. The summed E-state index contributed by atoms with van der Waals surface area (Å²) < 4.78 is 34.1. The predicted octanol–water partition coefficient (Wildman–Crippen LogP) is 2.07. The summed E-state index contributed by atoms with van der Waals surface area (Å²) in [6, 6.07) is 3.39. The zero-order chi connectivity index (χ0) is 14.0. The Balaban J connectivity index is 2.06. The first-order valence-corrected chi connectivity index (χ1v) is 5.87. The molecule has 5 nitrogen and oxygen atoms in total. The Morgan fingerprint density at radius 2 is 2.11 bits per heavy atom. The van der Waals surface area contributed by atoms with E-state index in [4.69, 9.17) is 5.73 Å². The number of ether oxygens (including phenoxy) is 2. The number of anilines is 1. The Labute approximate surface area is 108 Å². The van der Waals surface area contributed by atoms with Gasteiger partial charge in [0.25, 0.3) is 0 Å². The monoisotopic (exact) mass is 272 g/mol. The third-order valence-corrected chi connectivity index (χ3v) is 2.61. The Morgan fingerprint density at radius 1 is 1.42 bits per heavy atom. The first-order valence-electron chi connectivity index (χ1n) is 5.87. The lowest BCUT2D eigenvalue weighted by atomic mass is 10.1. The molecule has 1 amide bonds. The first-order chi connectivity index (χ1) is 8.91. The second-order valence-corrected chi connectivity index (χ2v) is 4.21. The van der Waals surface area contributed by atoms with Crippen molar-refractivity contribution >= 4 is 11.6 Å². The largest absolute Gasteiger partial charge is 0.586 e. The molecule has 1 aliphatic heterocycles. The van der Waals surface area contributed by atoms with Crippen LogP contribution < -0.4 is 20.5 Å². The maximum atomic E-state index is 12.8. The Bertz CT molecular complexity index is 494. The fraction of sp³-hybridized carbons (Fsp3) is 0.417. The molecular formula is C12H14F2N2O3. The summed E-state index contributed by atoms with van der Waals surface area (Å²) in [5.74, 6) is -0.555. The van der Waals surface area contributed by atoms with Gasteiger partial charge in [0.05, 0.1) is 6.04 Å². The van der Waals surface area contributed by atoms with Crippen LogP contribution in [-0.2, 0) is 4.79 Å². The van der Waals surface area contributed by atoms with Gasteiger partial charge in [-0.1, -0.05) is 13.3 Å². The smallest absolute Gasteiger partial charge is 0.395 e. The minimum absolute atomic E-state index is 0.0687. The number of alkyl halides is 2. The van der Waals surface area contributed by atoms with E-state index in [0.717, 1.165) is 6.42 Å². The summed E-state index contributed by atoms with van der Waals surface area (Å²) in [6.07, 6.45) is -2.33. The van der Waals surface area contributed by atoms with Gasteiger partial charge in [-0.05, 0) is 18.6 Å². The van der Waals surface area contributed by atoms with Crippen molar-refractivity contribution in [3.05, 3.63) is 18.2 Å². The number of carbonyl (C=O) groups excluding carboxylic acids is 1. The number of rotatable bonds is 4. The van der Waals surface area contributed by atoms with Crippen molar-refractivity contribution in [2.75, 3.05) is 5.32 Å². The van der Waals surface area contributed by atoms with Crippen LogP contribution in [0.5, 0.6) is 11.5 Å². The number of benzene rings is 1. The van der Waals surface area contributed by atoms with Gasteiger partial charge in [0.15, 0.2) is 11.5 Å². The molecule has 0 radical (unpaired) electrons. The van der Waals surface area contributed by atoms with Gasteiger partial charge in [0.2, 0.25) is 5.91 Å². The topological polar surface area (TPSA) is 73.6 Å². The second kappa shape index (κ2) is 5.00. The molecule has 2 rings (SSSR count). The number of nitrogens with one attached hydrogen (secondary N) is 1. The molecule has 3 N–H and O–H groups in total. The van der Waals surface area contributed by atoms with Gasteiger partial charge in [-0.2, -0.15) is 0 Å². The van der Waals surface area contributed by atoms with Crippen LogP contribution in [0, 0.1) is 0 Å². The Hall–Kier alpha value is -1.89. The van der Waals surface area contributed by atoms with E-state index in [1.807, 2.05) is 6.92 Å². The molecule has 0 saturated heterocycles. The van der Waals surface area contributed by atoms with Gasteiger partial charge < -0.3 is 20.5 Å². The van der Waals surface area contributed by atoms with Crippen molar-refractivity contribution in [3.63, 3.8) is 0 Å².